The van der Waals surface area contributed by atoms with E-state index in [2.05, 4.69) is 9.97 Å². The summed E-state index contributed by atoms with van der Waals surface area (Å²) in [5.41, 5.74) is 1.69. The van der Waals surface area contributed by atoms with Gasteiger partial charge in [0.2, 0.25) is 0 Å². The molecule has 3 heterocycles. The number of aliphatic hydroxyl groups excluding tert-OH is 3. The molecule has 0 amide bonds. The SMILES string of the molecule is CN(C)c1ncnc2c1c1ccccc1n2C[C@@H]1O[C@H](CO)[C@@H](O)[C@H]1O. The molecule has 2 aromatic heterocycles. The molecule has 0 radical (unpaired) electrons. The van der Waals surface area contributed by atoms with Crippen LogP contribution in [0.15, 0.2) is 30.6 Å². The van der Waals surface area contributed by atoms with E-state index in [0.717, 1.165) is 27.8 Å². The predicted octanol–water partition coefficient (Wildman–Crippen LogP) is 0.132. The number of fused-ring (bicyclic) bond motifs is 3. The molecule has 4 atom stereocenters. The molecule has 0 unspecified atom stereocenters. The van der Waals surface area contributed by atoms with Crippen molar-refractivity contribution in [3.8, 4) is 0 Å². The second-order valence-electron chi connectivity index (χ2n) is 6.79. The highest BCUT2D eigenvalue weighted by atomic mass is 16.6. The van der Waals surface area contributed by atoms with Crippen molar-refractivity contribution in [1.82, 2.24) is 14.5 Å². The van der Waals surface area contributed by atoms with Crippen molar-refractivity contribution in [2.45, 2.75) is 31.0 Å². The summed E-state index contributed by atoms with van der Waals surface area (Å²) in [7, 11) is 3.86. The number of anilines is 1. The Balaban J connectivity index is 1.86. The average Bonchev–Trinajstić information content (AvgIpc) is 3.11. The fourth-order valence-electron chi connectivity index (χ4n) is 3.68. The zero-order valence-corrected chi connectivity index (χ0v) is 14.6. The third-order valence-electron chi connectivity index (χ3n) is 4.95. The summed E-state index contributed by atoms with van der Waals surface area (Å²) in [6, 6.07) is 7.91. The van der Waals surface area contributed by atoms with Crippen molar-refractivity contribution in [3.63, 3.8) is 0 Å². The summed E-state index contributed by atoms with van der Waals surface area (Å²) in [6.45, 7) is -0.0303. The molecule has 0 bridgehead atoms. The third-order valence-corrected chi connectivity index (χ3v) is 4.95. The second-order valence-corrected chi connectivity index (χ2v) is 6.79. The molecule has 8 heteroatoms. The first-order valence-electron chi connectivity index (χ1n) is 8.54. The molecule has 138 valence electrons. The normalized spacial score (nSPS) is 26.0. The molecule has 8 nitrogen and oxygen atoms in total. The summed E-state index contributed by atoms with van der Waals surface area (Å²) in [6.07, 6.45) is -2.08. The number of aromatic nitrogens is 3. The van der Waals surface area contributed by atoms with E-state index < -0.39 is 24.4 Å². The first kappa shape index (κ1) is 17.2. The minimum absolute atomic E-state index is 0.308. The van der Waals surface area contributed by atoms with Gasteiger partial charge in [0, 0.05) is 19.5 Å². The molecule has 1 aliphatic rings. The van der Waals surface area contributed by atoms with Crippen LogP contribution in [-0.4, -0.2) is 75.0 Å². The summed E-state index contributed by atoms with van der Waals surface area (Å²) in [4.78, 5) is 10.8. The maximum absolute atomic E-state index is 10.3. The number of hydrogen-bond acceptors (Lipinski definition) is 7. The van der Waals surface area contributed by atoms with Crippen LogP contribution < -0.4 is 4.90 Å². The Morgan fingerprint density at radius 2 is 1.85 bits per heavy atom. The first-order valence-corrected chi connectivity index (χ1v) is 8.54. The molecule has 1 fully saturated rings. The maximum atomic E-state index is 10.3. The minimum atomic E-state index is -1.11. The lowest BCUT2D eigenvalue weighted by molar-refractivity contribution is -0.0259. The van der Waals surface area contributed by atoms with Crippen molar-refractivity contribution in [2.24, 2.45) is 0 Å². The maximum Gasteiger partial charge on any atom is 0.146 e. The highest BCUT2D eigenvalue weighted by molar-refractivity contribution is 6.11. The summed E-state index contributed by atoms with van der Waals surface area (Å²) in [5.74, 6) is 0.811. The van der Waals surface area contributed by atoms with Gasteiger partial charge < -0.3 is 29.5 Å². The van der Waals surface area contributed by atoms with Crippen molar-refractivity contribution < 1.29 is 20.1 Å². The van der Waals surface area contributed by atoms with Crippen LogP contribution in [0.4, 0.5) is 5.82 Å². The Morgan fingerprint density at radius 3 is 2.54 bits per heavy atom. The van der Waals surface area contributed by atoms with E-state index in [4.69, 9.17) is 4.74 Å². The van der Waals surface area contributed by atoms with Gasteiger partial charge in [0.15, 0.2) is 0 Å². The van der Waals surface area contributed by atoms with Gasteiger partial charge in [0.25, 0.3) is 0 Å². The molecule has 0 saturated carbocycles. The van der Waals surface area contributed by atoms with E-state index in [1.165, 1.54) is 6.33 Å². The van der Waals surface area contributed by atoms with E-state index in [-0.39, 0.29) is 6.61 Å². The number of para-hydroxylation sites is 1. The first-order chi connectivity index (χ1) is 12.5. The minimum Gasteiger partial charge on any atom is -0.394 e. The molecule has 1 saturated heterocycles. The number of ether oxygens (including phenoxy) is 1. The van der Waals surface area contributed by atoms with Gasteiger partial charge in [-0.2, -0.15) is 0 Å². The van der Waals surface area contributed by atoms with Gasteiger partial charge in [0.1, 0.15) is 42.2 Å². The van der Waals surface area contributed by atoms with Gasteiger partial charge in [-0.05, 0) is 6.07 Å². The molecule has 3 aromatic rings. The van der Waals surface area contributed by atoms with Crippen LogP contribution >= 0.6 is 0 Å². The number of benzene rings is 1. The average molecular weight is 358 g/mol. The van der Waals surface area contributed by atoms with E-state index in [1.807, 2.05) is 47.8 Å². The largest absolute Gasteiger partial charge is 0.394 e. The van der Waals surface area contributed by atoms with Crippen molar-refractivity contribution in [2.75, 3.05) is 25.6 Å². The number of nitrogens with zero attached hydrogens (tertiary/aromatic N) is 4. The molecule has 4 rings (SSSR count). The molecule has 26 heavy (non-hydrogen) atoms. The summed E-state index contributed by atoms with van der Waals surface area (Å²) < 4.78 is 7.63. The van der Waals surface area contributed by atoms with Crippen LogP contribution in [-0.2, 0) is 11.3 Å². The smallest absolute Gasteiger partial charge is 0.146 e. The van der Waals surface area contributed by atoms with Gasteiger partial charge in [-0.25, -0.2) is 9.97 Å². The fraction of sp³-hybridized carbons (Fsp3) is 0.444. The molecule has 0 spiro atoms. The van der Waals surface area contributed by atoms with Crippen molar-refractivity contribution in [1.29, 1.82) is 0 Å². The zero-order chi connectivity index (χ0) is 18.4. The Labute approximate surface area is 150 Å². The van der Waals surface area contributed by atoms with Gasteiger partial charge in [-0.3, -0.25) is 0 Å². The van der Waals surface area contributed by atoms with E-state index in [0.29, 0.717) is 6.54 Å². The van der Waals surface area contributed by atoms with Crippen LogP contribution in [0.5, 0.6) is 0 Å². The Kier molecular flexibility index (Phi) is 4.28. The lowest BCUT2D eigenvalue weighted by atomic mass is 10.1. The monoisotopic (exact) mass is 358 g/mol. The lowest BCUT2D eigenvalue weighted by Gasteiger charge is -2.17. The van der Waals surface area contributed by atoms with Crippen molar-refractivity contribution >= 4 is 27.8 Å². The van der Waals surface area contributed by atoms with Crippen LogP contribution in [0.25, 0.3) is 21.9 Å². The van der Waals surface area contributed by atoms with Gasteiger partial charge in [0.05, 0.1) is 24.1 Å². The fourth-order valence-corrected chi connectivity index (χ4v) is 3.68. The summed E-state index contributed by atoms with van der Waals surface area (Å²) >= 11 is 0. The molecular formula is C18H22N4O4. The summed E-state index contributed by atoms with van der Waals surface area (Å²) in [5, 5.41) is 31.6. The predicted molar refractivity (Wildman–Crippen MR) is 97.1 cm³/mol. The Bertz CT molecular complexity index is 941. The lowest BCUT2D eigenvalue weighted by Crippen LogP contribution is -2.35. The Morgan fingerprint density at radius 1 is 1.12 bits per heavy atom. The molecule has 3 N–H and O–H groups in total. The molecule has 0 aliphatic carbocycles. The topological polar surface area (TPSA) is 104 Å². The van der Waals surface area contributed by atoms with Crippen molar-refractivity contribution in [3.05, 3.63) is 30.6 Å². The van der Waals surface area contributed by atoms with Gasteiger partial charge >= 0.3 is 0 Å². The van der Waals surface area contributed by atoms with Crippen LogP contribution in [0, 0.1) is 0 Å². The molecule has 1 aliphatic heterocycles. The quantitative estimate of drug-likeness (QED) is 0.609. The van der Waals surface area contributed by atoms with Crippen LogP contribution in [0.3, 0.4) is 0 Å². The number of hydrogen-bond donors (Lipinski definition) is 3. The second kappa shape index (κ2) is 6.48. The highest BCUT2D eigenvalue weighted by Crippen LogP contribution is 2.34. The van der Waals surface area contributed by atoms with E-state index in [9.17, 15) is 15.3 Å². The molecule has 1 aromatic carbocycles. The highest BCUT2D eigenvalue weighted by Gasteiger charge is 2.42. The molecular weight excluding hydrogens is 336 g/mol. The third kappa shape index (κ3) is 2.53. The van der Waals surface area contributed by atoms with Gasteiger partial charge in [-0.15, -0.1) is 0 Å². The van der Waals surface area contributed by atoms with E-state index in [1.54, 1.807) is 0 Å². The standard InChI is InChI=1S/C18H22N4O4/c1-21(2)17-14-10-5-3-4-6-11(10)22(18(14)20-9-19-17)7-12-15(24)16(25)13(8-23)26-12/h3-6,9,12-13,15-16,23-25H,7-8H2,1-2H3/t12-,13+,15-,16+/m0/s1. The number of rotatable bonds is 4. The van der Waals surface area contributed by atoms with Gasteiger partial charge in [-0.1, -0.05) is 18.2 Å². The van der Waals surface area contributed by atoms with Crippen LogP contribution in [0.2, 0.25) is 0 Å². The number of aliphatic hydroxyl groups is 3. The van der Waals surface area contributed by atoms with Crippen LogP contribution in [0.1, 0.15) is 0 Å². The Hall–Kier alpha value is -2.26. The zero-order valence-electron chi connectivity index (χ0n) is 14.6. The van der Waals surface area contributed by atoms with E-state index >= 15 is 0 Å².